The number of rotatable bonds is 8. The maximum Gasteiger partial charge on any atom is 0.327 e. The smallest absolute Gasteiger partial charge is 0.327 e. The van der Waals surface area contributed by atoms with E-state index in [-0.39, 0.29) is 17.2 Å². The fraction of sp³-hybridized carbons (Fsp3) is 0.500. The fourth-order valence-electron chi connectivity index (χ4n) is 3.19. The Morgan fingerprint density at radius 1 is 1.32 bits per heavy atom. The number of ether oxygens (including phenoxy) is 3. The number of thioether (sulfide) groups is 1. The molecule has 31 heavy (non-hydrogen) atoms. The van der Waals surface area contributed by atoms with E-state index in [9.17, 15) is 14.4 Å². The lowest BCUT2D eigenvalue weighted by atomic mass is 9.98. The van der Waals surface area contributed by atoms with Crippen LogP contribution in [0.1, 0.15) is 38.8 Å². The molecule has 7 nitrogen and oxygen atoms in total. The Morgan fingerprint density at radius 3 is 2.65 bits per heavy atom. The van der Waals surface area contributed by atoms with Crippen molar-refractivity contribution in [3.63, 3.8) is 0 Å². The van der Waals surface area contributed by atoms with Crippen molar-refractivity contribution < 1.29 is 28.6 Å². The normalized spacial score (nSPS) is 19.5. The molecular weight excluding hydrogens is 442 g/mol. The Hall–Kier alpha value is -2.03. The van der Waals surface area contributed by atoms with Gasteiger partial charge in [-0.1, -0.05) is 29.8 Å². The Bertz CT molecular complexity index is 822. The summed E-state index contributed by atoms with van der Waals surface area (Å²) in [5.41, 5.74) is 0.874. The molecule has 1 aliphatic rings. The van der Waals surface area contributed by atoms with Gasteiger partial charge in [-0.15, -0.1) is 11.8 Å². The van der Waals surface area contributed by atoms with Crippen LogP contribution in [-0.4, -0.2) is 54.7 Å². The highest BCUT2D eigenvalue weighted by atomic mass is 35.5. The molecule has 0 aromatic heterocycles. The molecule has 0 spiro atoms. The molecule has 170 valence electrons. The van der Waals surface area contributed by atoms with E-state index in [1.165, 1.54) is 25.1 Å². The summed E-state index contributed by atoms with van der Waals surface area (Å²) < 4.78 is 15.3. The van der Waals surface area contributed by atoms with E-state index in [0.717, 1.165) is 5.57 Å². The van der Waals surface area contributed by atoms with Crippen molar-refractivity contribution in [2.75, 3.05) is 26.1 Å². The SMILES string of the molecule is COC(=O)[C@H](c1ccccc1Cl)N1CCC(SCOC(=O)C(C)(C)C)/C(=C\OC=O)C1. The lowest BCUT2D eigenvalue weighted by Gasteiger charge is -2.37. The molecule has 1 aromatic carbocycles. The maximum absolute atomic E-state index is 12.6. The van der Waals surface area contributed by atoms with E-state index in [2.05, 4.69) is 0 Å². The van der Waals surface area contributed by atoms with Crippen LogP contribution in [0.5, 0.6) is 0 Å². The summed E-state index contributed by atoms with van der Waals surface area (Å²) >= 11 is 7.80. The zero-order valence-electron chi connectivity index (χ0n) is 18.1. The van der Waals surface area contributed by atoms with Gasteiger partial charge < -0.3 is 14.2 Å². The monoisotopic (exact) mass is 469 g/mol. The second-order valence-electron chi connectivity index (χ2n) is 8.09. The number of halogens is 1. The number of hydrogen-bond acceptors (Lipinski definition) is 8. The van der Waals surface area contributed by atoms with Gasteiger partial charge in [0.05, 0.1) is 18.8 Å². The number of nitrogens with zero attached hydrogens (tertiary/aromatic N) is 1. The van der Waals surface area contributed by atoms with Crippen molar-refractivity contribution in [3.8, 4) is 0 Å². The fourth-order valence-corrected chi connectivity index (χ4v) is 4.39. The van der Waals surface area contributed by atoms with Crippen molar-refractivity contribution >= 4 is 41.8 Å². The number of piperidine rings is 1. The summed E-state index contributed by atoms with van der Waals surface area (Å²) in [7, 11) is 1.34. The highest BCUT2D eigenvalue weighted by molar-refractivity contribution is 7.99. The number of benzene rings is 1. The Kier molecular flexibility index (Phi) is 9.40. The third kappa shape index (κ3) is 6.98. The van der Waals surface area contributed by atoms with Crippen molar-refractivity contribution in [1.29, 1.82) is 0 Å². The van der Waals surface area contributed by atoms with Crippen molar-refractivity contribution in [2.45, 2.75) is 38.5 Å². The first-order valence-corrected chi connectivity index (χ1v) is 11.2. The summed E-state index contributed by atoms with van der Waals surface area (Å²) in [6.45, 7) is 6.67. The zero-order valence-corrected chi connectivity index (χ0v) is 19.7. The molecule has 1 saturated heterocycles. The lowest BCUT2D eigenvalue weighted by Crippen LogP contribution is -2.43. The quantitative estimate of drug-likeness (QED) is 0.186. The highest BCUT2D eigenvalue weighted by Crippen LogP contribution is 2.35. The molecule has 9 heteroatoms. The Morgan fingerprint density at radius 2 is 2.03 bits per heavy atom. The minimum absolute atomic E-state index is 0.0338. The predicted octanol–water partition coefficient (Wildman–Crippen LogP) is 3.97. The summed E-state index contributed by atoms with van der Waals surface area (Å²) in [4.78, 5) is 37.3. The zero-order chi connectivity index (χ0) is 23.0. The summed E-state index contributed by atoms with van der Waals surface area (Å²) in [6.07, 6.45) is 2.05. The van der Waals surface area contributed by atoms with Crippen molar-refractivity contribution in [2.24, 2.45) is 5.41 Å². The van der Waals surface area contributed by atoms with Gasteiger partial charge >= 0.3 is 11.9 Å². The second kappa shape index (κ2) is 11.5. The first-order valence-electron chi connectivity index (χ1n) is 9.82. The molecule has 0 aliphatic carbocycles. The van der Waals surface area contributed by atoms with E-state index >= 15 is 0 Å². The maximum atomic E-state index is 12.6. The average molecular weight is 470 g/mol. The van der Waals surface area contributed by atoms with Gasteiger partial charge in [0.25, 0.3) is 6.47 Å². The van der Waals surface area contributed by atoms with Crippen LogP contribution in [0.2, 0.25) is 5.02 Å². The summed E-state index contributed by atoms with van der Waals surface area (Å²) in [5, 5.41) is 0.437. The van der Waals surface area contributed by atoms with Crippen LogP contribution < -0.4 is 0 Å². The van der Waals surface area contributed by atoms with Crippen LogP contribution >= 0.6 is 23.4 Å². The van der Waals surface area contributed by atoms with Crippen LogP contribution in [-0.2, 0) is 28.6 Å². The van der Waals surface area contributed by atoms with Gasteiger partial charge in [0.2, 0.25) is 0 Å². The van der Waals surface area contributed by atoms with Crippen molar-refractivity contribution in [3.05, 3.63) is 46.7 Å². The van der Waals surface area contributed by atoms with Gasteiger partial charge in [0.1, 0.15) is 12.0 Å². The minimum Gasteiger partial charge on any atom is -0.468 e. The number of esters is 2. The topological polar surface area (TPSA) is 82.1 Å². The molecule has 1 unspecified atom stereocenters. The van der Waals surface area contributed by atoms with Crippen LogP contribution in [0.15, 0.2) is 36.1 Å². The number of carbonyl (C=O) groups excluding carboxylic acids is 3. The van der Waals surface area contributed by atoms with E-state index < -0.39 is 17.4 Å². The molecule has 0 saturated carbocycles. The Balaban J connectivity index is 2.16. The van der Waals surface area contributed by atoms with Gasteiger partial charge in [-0.2, -0.15) is 0 Å². The van der Waals surface area contributed by atoms with Gasteiger partial charge in [0.15, 0.2) is 0 Å². The molecule has 1 aromatic rings. The van der Waals surface area contributed by atoms with E-state index in [1.54, 1.807) is 39.0 Å². The predicted molar refractivity (Wildman–Crippen MR) is 119 cm³/mol. The molecular formula is C22H28ClNO6S. The van der Waals surface area contributed by atoms with Crippen LogP contribution in [0.25, 0.3) is 0 Å². The number of hydrogen-bond donors (Lipinski definition) is 0. The summed E-state index contributed by atoms with van der Waals surface area (Å²) in [6, 6.07) is 6.44. The van der Waals surface area contributed by atoms with E-state index in [1.807, 2.05) is 11.0 Å². The standard InChI is InChI=1S/C22H28ClNO6S/c1-22(2,3)21(27)30-14-31-18-9-10-24(11-15(18)12-29-13-25)19(20(26)28-4)16-7-5-6-8-17(16)23/h5-8,12-13,18-19H,9-11,14H2,1-4H3/b15-12-/t18?,19-/m0/s1. The second-order valence-corrected chi connectivity index (χ2v) is 9.63. The van der Waals surface area contributed by atoms with Crippen molar-refractivity contribution in [1.82, 2.24) is 4.90 Å². The molecule has 1 heterocycles. The molecule has 2 atom stereocenters. The first-order chi connectivity index (χ1) is 14.7. The molecule has 1 fully saturated rings. The minimum atomic E-state index is -0.692. The first kappa shape index (κ1) is 25.2. The van der Waals surface area contributed by atoms with Gasteiger partial charge in [-0.25, -0.2) is 4.79 Å². The molecule has 2 rings (SSSR count). The molecule has 0 bridgehead atoms. The highest BCUT2D eigenvalue weighted by Gasteiger charge is 2.35. The number of carbonyl (C=O) groups is 3. The molecule has 0 radical (unpaired) electrons. The Labute approximate surface area is 192 Å². The number of methoxy groups -OCH3 is 1. The third-order valence-corrected chi connectivity index (χ3v) is 6.35. The average Bonchev–Trinajstić information content (AvgIpc) is 2.73. The molecule has 0 N–H and O–H groups in total. The van der Waals surface area contributed by atoms with E-state index in [4.69, 9.17) is 25.8 Å². The largest absolute Gasteiger partial charge is 0.468 e. The van der Waals surface area contributed by atoms with Crippen LogP contribution in [0, 0.1) is 5.41 Å². The molecule has 1 aliphatic heterocycles. The van der Waals surface area contributed by atoms with E-state index in [0.29, 0.717) is 36.6 Å². The van der Waals surface area contributed by atoms with Crippen LogP contribution in [0.3, 0.4) is 0 Å². The lowest BCUT2D eigenvalue weighted by molar-refractivity contribution is -0.150. The van der Waals surface area contributed by atoms with Crippen LogP contribution in [0.4, 0.5) is 0 Å². The van der Waals surface area contributed by atoms with Gasteiger partial charge in [0, 0.05) is 23.4 Å². The molecule has 0 amide bonds. The number of likely N-dealkylation sites (tertiary alicyclic amines) is 1. The van der Waals surface area contributed by atoms with Gasteiger partial charge in [-0.3, -0.25) is 14.5 Å². The third-order valence-electron chi connectivity index (χ3n) is 4.81. The van der Waals surface area contributed by atoms with Gasteiger partial charge in [-0.05, 0) is 44.4 Å². The summed E-state index contributed by atoms with van der Waals surface area (Å²) in [5.74, 6) is -0.519.